The van der Waals surface area contributed by atoms with Gasteiger partial charge in [-0.1, -0.05) is 38.1 Å². The Kier molecular flexibility index (Phi) is 5.22. The fraction of sp³-hybridized carbons (Fsp3) is 0.412. The van der Waals surface area contributed by atoms with Gasteiger partial charge >= 0.3 is 0 Å². The molecule has 0 aliphatic rings. The first-order valence-electron chi connectivity index (χ1n) is 7.18. The number of benzene rings is 1. The smallest absolute Gasteiger partial charge is 0.105 e. The molecule has 0 aliphatic heterocycles. The molecule has 1 aromatic heterocycles. The topological polar surface area (TPSA) is 25.2 Å². The van der Waals surface area contributed by atoms with Crippen LogP contribution in [0, 0.1) is 0 Å². The van der Waals surface area contributed by atoms with E-state index in [2.05, 4.69) is 49.5 Å². The van der Waals surface area contributed by atoms with Crippen molar-refractivity contribution < 1.29 is 4.42 Å². The van der Waals surface area contributed by atoms with E-state index in [0.29, 0.717) is 6.04 Å². The van der Waals surface area contributed by atoms with Crippen LogP contribution in [-0.4, -0.2) is 6.54 Å². The fourth-order valence-electron chi connectivity index (χ4n) is 2.44. The maximum Gasteiger partial charge on any atom is 0.105 e. The van der Waals surface area contributed by atoms with Crippen molar-refractivity contribution in [3.05, 3.63) is 59.5 Å². The van der Waals surface area contributed by atoms with Gasteiger partial charge in [0.25, 0.3) is 0 Å². The van der Waals surface area contributed by atoms with Crippen LogP contribution in [0.15, 0.2) is 47.1 Å². The summed E-state index contributed by atoms with van der Waals surface area (Å²) in [7, 11) is 0. The lowest BCUT2D eigenvalue weighted by Gasteiger charge is -2.20. The van der Waals surface area contributed by atoms with Crippen LogP contribution in [0.1, 0.15) is 43.2 Å². The van der Waals surface area contributed by atoms with Gasteiger partial charge in [-0.2, -0.15) is 0 Å². The van der Waals surface area contributed by atoms with Crippen molar-refractivity contribution in [2.24, 2.45) is 0 Å². The molecule has 1 N–H and O–H groups in total. The van der Waals surface area contributed by atoms with Crippen molar-refractivity contribution in [3.8, 4) is 0 Å². The molecule has 0 fully saturated rings. The summed E-state index contributed by atoms with van der Waals surface area (Å²) in [5.74, 6) is 1.04. The highest BCUT2D eigenvalue weighted by Gasteiger charge is 2.15. The predicted octanol–water partition coefficient (Wildman–Crippen LogP) is 4.13. The quantitative estimate of drug-likeness (QED) is 0.807. The Morgan fingerprint density at radius 2 is 1.95 bits per heavy atom. The number of hydrogen-bond acceptors (Lipinski definition) is 2. The minimum Gasteiger partial charge on any atom is -0.469 e. The zero-order valence-electron chi connectivity index (χ0n) is 11.9. The summed E-state index contributed by atoms with van der Waals surface area (Å²) in [4.78, 5) is 0. The zero-order chi connectivity index (χ0) is 13.5. The van der Waals surface area contributed by atoms with E-state index in [1.807, 2.05) is 6.07 Å². The summed E-state index contributed by atoms with van der Waals surface area (Å²) >= 11 is 0. The number of nitrogens with one attached hydrogen (secondary N) is 1. The Morgan fingerprint density at radius 1 is 1.11 bits per heavy atom. The van der Waals surface area contributed by atoms with Crippen LogP contribution in [0.3, 0.4) is 0 Å². The summed E-state index contributed by atoms with van der Waals surface area (Å²) in [5.41, 5.74) is 2.82. The van der Waals surface area contributed by atoms with Gasteiger partial charge in [-0.05, 0) is 42.6 Å². The second kappa shape index (κ2) is 7.15. The van der Waals surface area contributed by atoms with Crippen LogP contribution in [0.4, 0.5) is 0 Å². The Labute approximate surface area is 115 Å². The number of aryl methyl sites for hydroxylation is 1. The summed E-state index contributed by atoms with van der Waals surface area (Å²) in [5, 5.41) is 3.64. The SMILES string of the molecule is CCCNC(Cc1ccco1)c1ccccc1CC. The normalized spacial score (nSPS) is 12.5. The van der Waals surface area contributed by atoms with Crippen LogP contribution in [0.2, 0.25) is 0 Å². The molecule has 0 radical (unpaired) electrons. The molecular weight excluding hydrogens is 234 g/mol. The van der Waals surface area contributed by atoms with Crippen molar-refractivity contribution in [2.75, 3.05) is 6.54 Å². The standard InChI is InChI=1S/C17H23NO/c1-3-11-18-17(13-15-9-7-12-19-15)16-10-6-5-8-14(16)4-2/h5-10,12,17-18H,3-4,11,13H2,1-2H3. The molecule has 2 heteroatoms. The van der Waals surface area contributed by atoms with E-state index in [1.165, 1.54) is 11.1 Å². The van der Waals surface area contributed by atoms with E-state index in [9.17, 15) is 0 Å². The third-order valence-corrected chi connectivity index (χ3v) is 3.44. The molecular formula is C17H23NO. The van der Waals surface area contributed by atoms with E-state index in [4.69, 9.17) is 4.42 Å². The van der Waals surface area contributed by atoms with Gasteiger partial charge in [0.05, 0.1) is 6.26 Å². The molecule has 0 aliphatic carbocycles. The van der Waals surface area contributed by atoms with Gasteiger partial charge < -0.3 is 9.73 Å². The van der Waals surface area contributed by atoms with E-state index < -0.39 is 0 Å². The average Bonchev–Trinajstić information content (AvgIpc) is 2.96. The summed E-state index contributed by atoms with van der Waals surface area (Å²) in [6, 6.07) is 13.0. The lowest BCUT2D eigenvalue weighted by atomic mass is 9.95. The molecule has 19 heavy (non-hydrogen) atoms. The molecule has 2 aromatic rings. The number of hydrogen-bond donors (Lipinski definition) is 1. The van der Waals surface area contributed by atoms with E-state index in [0.717, 1.165) is 31.6 Å². The summed E-state index contributed by atoms with van der Waals surface area (Å²) < 4.78 is 5.50. The zero-order valence-corrected chi connectivity index (χ0v) is 11.9. The monoisotopic (exact) mass is 257 g/mol. The molecule has 0 spiro atoms. The van der Waals surface area contributed by atoms with Crippen molar-refractivity contribution in [2.45, 2.75) is 39.2 Å². The minimum absolute atomic E-state index is 0.335. The molecule has 0 amide bonds. The summed E-state index contributed by atoms with van der Waals surface area (Å²) in [6.07, 6.45) is 4.86. The number of rotatable bonds is 7. The van der Waals surface area contributed by atoms with Crippen LogP contribution >= 0.6 is 0 Å². The molecule has 1 atom stereocenters. The molecule has 1 heterocycles. The molecule has 1 unspecified atom stereocenters. The van der Waals surface area contributed by atoms with Gasteiger partial charge in [-0.25, -0.2) is 0 Å². The van der Waals surface area contributed by atoms with Crippen LogP contribution in [0.5, 0.6) is 0 Å². The fourth-order valence-corrected chi connectivity index (χ4v) is 2.44. The molecule has 102 valence electrons. The summed E-state index contributed by atoms with van der Waals surface area (Å²) in [6.45, 7) is 5.44. The lowest BCUT2D eigenvalue weighted by Crippen LogP contribution is -2.25. The minimum atomic E-state index is 0.335. The maximum absolute atomic E-state index is 5.50. The van der Waals surface area contributed by atoms with E-state index in [-0.39, 0.29) is 0 Å². The molecule has 0 saturated carbocycles. The van der Waals surface area contributed by atoms with Crippen LogP contribution < -0.4 is 5.32 Å². The van der Waals surface area contributed by atoms with Gasteiger partial charge in [0, 0.05) is 12.5 Å². The highest BCUT2D eigenvalue weighted by molar-refractivity contribution is 5.31. The first-order chi connectivity index (χ1) is 9.35. The highest BCUT2D eigenvalue weighted by atomic mass is 16.3. The van der Waals surface area contributed by atoms with E-state index >= 15 is 0 Å². The van der Waals surface area contributed by atoms with Gasteiger partial charge in [0.1, 0.15) is 5.76 Å². The van der Waals surface area contributed by atoms with Crippen LogP contribution in [0.25, 0.3) is 0 Å². The number of furan rings is 1. The van der Waals surface area contributed by atoms with Gasteiger partial charge in [-0.15, -0.1) is 0 Å². The molecule has 0 saturated heterocycles. The molecule has 0 bridgehead atoms. The molecule has 1 aromatic carbocycles. The Morgan fingerprint density at radius 3 is 2.63 bits per heavy atom. The lowest BCUT2D eigenvalue weighted by molar-refractivity contribution is 0.447. The maximum atomic E-state index is 5.50. The Balaban J connectivity index is 2.20. The average molecular weight is 257 g/mol. The van der Waals surface area contributed by atoms with Crippen molar-refractivity contribution >= 4 is 0 Å². The second-order valence-electron chi connectivity index (χ2n) is 4.84. The Bertz CT molecular complexity index is 476. The van der Waals surface area contributed by atoms with Crippen LogP contribution in [-0.2, 0) is 12.8 Å². The second-order valence-corrected chi connectivity index (χ2v) is 4.84. The first kappa shape index (κ1) is 13.9. The largest absolute Gasteiger partial charge is 0.469 e. The van der Waals surface area contributed by atoms with Crippen molar-refractivity contribution in [1.82, 2.24) is 5.32 Å². The highest BCUT2D eigenvalue weighted by Crippen LogP contribution is 2.23. The predicted molar refractivity (Wildman–Crippen MR) is 79.3 cm³/mol. The Hall–Kier alpha value is -1.54. The third kappa shape index (κ3) is 3.71. The van der Waals surface area contributed by atoms with Gasteiger partial charge in [0.2, 0.25) is 0 Å². The third-order valence-electron chi connectivity index (χ3n) is 3.44. The molecule has 2 rings (SSSR count). The van der Waals surface area contributed by atoms with Crippen molar-refractivity contribution in [3.63, 3.8) is 0 Å². The van der Waals surface area contributed by atoms with E-state index in [1.54, 1.807) is 6.26 Å². The first-order valence-corrected chi connectivity index (χ1v) is 7.18. The molecule has 2 nitrogen and oxygen atoms in total. The van der Waals surface area contributed by atoms with Gasteiger partial charge in [-0.3, -0.25) is 0 Å². The van der Waals surface area contributed by atoms with Gasteiger partial charge in [0.15, 0.2) is 0 Å². The van der Waals surface area contributed by atoms with Crippen molar-refractivity contribution in [1.29, 1.82) is 0 Å².